The molecule has 102 valence electrons. The predicted octanol–water partition coefficient (Wildman–Crippen LogP) is -1.04. The topological polar surface area (TPSA) is 93.7 Å². The Balaban J connectivity index is 2.12. The summed E-state index contributed by atoms with van der Waals surface area (Å²) in [6.07, 6.45) is 0.892. The molecule has 18 heavy (non-hydrogen) atoms. The minimum absolute atomic E-state index is 0.121. The van der Waals surface area contributed by atoms with Crippen LogP contribution in [0.15, 0.2) is 0 Å². The molecule has 7 heteroatoms. The molecule has 0 radical (unpaired) electrons. The minimum atomic E-state index is -0.554. The van der Waals surface area contributed by atoms with Crippen molar-refractivity contribution in [2.75, 3.05) is 26.3 Å². The van der Waals surface area contributed by atoms with Crippen molar-refractivity contribution in [2.24, 2.45) is 0 Å². The first-order valence-electron chi connectivity index (χ1n) is 5.95. The van der Waals surface area contributed by atoms with Gasteiger partial charge in [0.1, 0.15) is 0 Å². The van der Waals surface area contributed by atoms with Crippen LogP contribution in [0.1, 0.15) is 19.8 Å². The molecule has 1 fully saturated rings. The summed E-state index contributed by atoms with van der Waals surface area (Å²) in [5.41, 5.74) is 0. The molecule has 1 aliphatic heterocycles. The second kappa shape index (κ2) is 7.65. The highest BCUT2D eigenvalue weighted by Gasteiger charge is 2.25. The average molecular weight is 258 g/mol. The Morgan fingerprint density at radius 2 is 2.06 bits per heavy atom. The highest BCUT2D eigenvalue weighted by atomic mass is 16.6. The van der Waals surface area contributed by atoms with E-state index in [-0.39, 0.29) is 12.5 Å². The molecule has 0 aromatic heterocycles. The van der Waals surface area contributed by atoms with E-state index in [9.17, 15) is 14.4 Å². The molecular formula is C11H18N2O5. The van der Waals surface area contributed by atoms with E-state index in [4.69, 9.17) is 9.47 Å². The summed E-state index contributed by atoms with van der Waals surface area (Å²) in [5, 5.41) is 4.87. The van der Waals surface area contributed by atoms with E-state index >= 15 is 0 Å². The first-order chi connectivity index (χ1) is 8.63. The molecule has 0 saturated carbocycles. The Morgan fingerprint density at radius 3 is 2.67 bits per heavy atom. The van der Waals surface area contributed by atoms with Crippen LogP contribution in [0.5, 0.6) is 0 Å². The maximum absolute atomic E-state index is 11.4. The zero-order chi connectivity index (χ0) is 13.4. The quantitative estimate of drug-likeness (QED) is 0.594. The fraction of sp³-hybridized carbons (Fsp3) is 0.727. The lowest BCUT2D eigenvalue weighted by molar-refractivity contribution is -0.157. The molecule has 1 saturated heterocycles. The Hall–Kier alpha value is -1.63. The lowest BCUT2D eigenvalue weighted by atomic mass is 10.2. The Bertz CT molecular complexity index is 313. The van der Waals surface area contributed by atoms with Gasteiger partial charge in [0.2, 0.25) is 5.91 Å². The SMILES string of the molecule is CCNC(=O)CNC(=O)COC(=O)[C@H]1CCCO1. The number of esters is 1. The number of likely N-dealkylation sites (N-methyl/N-ethyl adjacent to an activating group) is 1. The van der Waals surface area contributed by atoms with Crippen LogP contribution >= 0.6 is 0 Å². The molecule has 1 aliphatic rings. The maximum Gasteiger partial charge on any atom is 0.335 e. The average Bonchev–Trinajstić information content (AvgIpc) is 2.87. The van der Waals surface area contributed by atoms with Gasteiger partial charge in [0.15, 0.2) is 12.7 Å². The van der Waals surface area contributed by atoms with E-state index in [1.807, 2.05) is 0 Å². The number of ether oxygens (including phenoxy) is 2. The molecule has 1 heterocycles. The molecule has 0 unspecified atom stereocenters. The van der Waals surface area contributed by atoms with Crippen LogP contribution in [0.25, 0.3) is 0 Å². The first kappa shape index (κ1) is 14.4. The molecule has 0 bridgehead atoms. The fourth-order valence-electron chi connectivity index (χ4n) is 1.48. The number of nitrogens with one attached hydrogen (secondary N) is 2. The van der Waals surface area contributed by atoms with Crippen molar-refractivity contribution >= 4 is 17.8 Å². The van der Waals surface area contributed by atoms with Gasteiger partial charge >= 0.3 is 5.97 Å². The van der Waals surface area contributed by atoms with Crippen LogP contribution in [0.4, 0.5) is 0 Å². The summed E-state index contributed by atoms with van der Waals surface area (Å²) in [7, 11) is 0. The lowest BCUT2D eigenvalue weighted by Crippen LogP contribution is -2.39. The first-order valence-corrected chi connectivity index (χ1v) is 5.95. The second-order valence-corrected chi connectivity index (χ2v) is 3.84. The van der Waals surface area contributed by atoms with Crippen molar-refractivity contribution in [3.8, 4) is 0 Å². The number of carbonyl (C=O) groups excluding carboxylic acids is 3. The van der Waals surface area contributed by atoms with E-state index in [2.05, 4.69) is 10.6 Å². The Kier molecular flexibility index (Phi) is 6.13. The van der Waals surface area contributed by atoms with E-state index in [1.54, 1.807) is 6.92 Å². The van der Waals surface area contributed by atoms with Crippen molar-refractivity contribution in [1.82, 2.24) is 10.6 Å². The lowest BCUT2D eigenvalue weighted by Gasteiger charge is -2.09. The van der Waals surface area contributed by atoms with Gasteiger partial charge in [-0.1, -0.05) is 0 Å². The molecule has 1 rings (SSSR count). The van der Waals surface area contributed by atoms with Crippen molar-refractivity contribution in [3.63, 3.8) is 0 Å². The molecule has 0 spiro atoms. The number of hydrogen-bond acceptors (Lipinski definition) is 5. The van der Waals surface area contributed by atoms with Crippen molar-refractivity contribution < 1.29 is 23.9 Å². The van der Waals surface area contributed by atoms with Gasteiger partial charge < -0.3 is 20.1 Å². The smallest absolute Gasteiger partial charge is 0.335 e. The standard InChI is InChI=1S/C11H18N2O5/c1-2-12-9(14)6-13-10(15)7-18-11(16)8-4-3-5-17-8/h8H,2-7H2,1H3,(H,12,14)(H,13,15)/t8-/m1/s1. The van der Waals surface area contributed by atoms with Crippen molar-refractivity contribution in [3.05, 3.63) is 0 Å². The largest absolute Gasteiger partial charge is 0.454 e. The highest BCUT2D eigenvalue weighted by Crippen LogP contribution is 2.12. The molecule has 0 aliphatic carbocycles. The summed E-state index contributed by atoms with van der Waals surface area (Å²) >= 11 is 0. The molecule has 0 aromatic rings. The van der Waals surface area contributed by atoms with Gasteiger partial charge in [-0.2, -0.15) is 0 Å². The van der Waals surface area contributed by atoms with Gasteiger partial charge in [0.05, 0.1) is 6.54 Å². The van der Waals surface area contributed by atoms with Crippen LogP contribution in [0.2, 0.25) is 0 Å². The van der Waals surface area contributed by atoms with E-state index in [1.165, 1.54) is 0 Å². The van der Waals surface area contributed by atoms with Gasteiger partial charge in [0.25, 0.3) is 5.91 Å². The van der Waals surface area contributed by atoms with E-state index in [0.29, 0.717) is 19.6 Å². The molecule has 1 atom stereocenters. The zero-order valence-electron chi connectivity index (χ0n) is 10.4. The monoisotopic (exact) mass is 258 g/mol. The van der Waals surface area contributed by atoms with Gasteiger partial charge in [-0.05, 0) is 19.8 Å². The number of amides is 2. The van der Waals surface area contributed by atoms with Crippen molar-refractivity contribution in [1.29, 1.82) is 0 Å². The molecule has 0 aromatic carbocycles. The molecular weight excluding hydrogens is 240 g/mol. The third kappa shape index (κ3) is 5.13. The van der Waals surface area contributed by atoms with Crippen LogP contribution in [-0.4, -0.2) is 50.2 Å². The van der Waals surface area contributed by atoms with Crippen LogP contribution in [0.3, 0.4) is 0 Å². The fourth-order valence-corrected chi connectivity index (χ4v) is 1.48. The highest BCUT2D eigenvalue weighted by molar-refractivity contribution is 5.86. The van der Waals surface area contributed by atoms with Crippen LogP contribution < -0.4 is 10.6 Å². The second-order valence-electron chi connectivity index (χ2n) is 3.84. The number of carbonyl (C=O) groups is 3. The van der Waals surface area contributed by atoms with Gasteiger partial charge in [-0.25, -0.2) is 4.79 Å². The summed E-state index contributed by atoms with van der Waals surface area (Å²) in [4.78, 5) is 33.7. The van der Waals surface area contributed by atoms with Crippen molar-refractivity contribution in [2.45, 2.75) is 25.9 Å². The summed E-state index contributed by atoms with van der Waals surface area (Å²) < 4.78 is 9.88. The minimum Gasteiger partial charge on any atom is -0.454 e. The van der Waals surface area contributed by atoms with Gasteiger partial charge in [-0.3, -0.25) is 9.59 Å². The summed E-state index contributed by atoms with van der Waals surface area (Å²) in [6, 6.07) is 0. The molecule has 7 nitrogen and oxygen atoms in total. The number of hydrogen-bond donors (Lipinski definition) is 2. The van der Waals surface area contributed by atoms with Crippen LogP contribution in [0, 0.1) is 0 Å². The van der Waals surface area contributed by atoms with E-state index < -0.39 is 24.6 Å². The maximum atomic E-state index is 11.4. The molecule has 2 N–H and O–H groups in total. The Labute approximate surface area is 105 Å². The van der Waals surface area contributed by atoms with E-state index in [0.717, 1.165) is 6.42 Å². The normalized spacial score (nSPS) is 18.2. The third-order valence-electron chi connectivity index (χ3n) is 2.36. The molecule has 2 amide bonds. The summed E-state index contributed by atoms with van der Waals surface area (Å²) in [5.74, 6) is -1.32. The number of rotatable bonds is 6. The summed E-state index contributed by atoms with van der Waals surface area (Å²) in [6.45, 7) is 2.32. The van der Waals surface area contributed by atoms with Gasteiger partial charge in [0, 0.05) is 13.2 Å². The third-order valence-corrected chi connectivity index (χ3v) is 2.36. The van der Waals surface area contributed by atoms with Gasteiger partial charge in [-0.15, -0.1) is 0 Å². The Morgan fingerprint density at radius 1 is 1.28 bits per heavy atom. The van der Waals surface area contributed by atoms with Crippen LogP contribution in [-0.2, 0) is 23.9 Å². The zero-order valence-corrected chi connectivity index (χ0v) is 10.4. The predicted molar refractivity (Wildman–Crippen MR) is 61.6 cm³/mol.